The fourth-order valence-electron chi connectivity index (χ4n) is 3.06. The van der Waals surface area contributed by atoms with Crippen LogP contribution in [0.1, 0.15) is 39.5 Å². The molecule has 0 aromatic rings. The molecule has 3 aliphatic rings. The fraction of sp³-hybridized carbons (Fsp3) is 0.857. The van der Waals surface area contributed by atoms with Gasteiger partial charge in [0.05, 0.1) is 19.3 Å². The summed E-state index contributed by atoms with van der Waals surface area (Å²) in [5.41, 5.74) is 1.08. The van der Waals surface area contributed by atoms with Gasteiger partial charge in [-0.2, -0.15) is 0 Å². The van der Waals surface area contributed by atoms with Crippen LogP contribution >= 0.6 is 0 Å². The second kappa shape index (κ2) is 3.81. The van der Waals surface area contributed by atoms with Crippen LogP contribution in [-0.2, 0) is 14.2 Å². The van der Waals surface area contributed by atoms with Gasteiger partial charge in [-0.1, -0.05) is 33.3 Å². The molecule has 2 heterocycles. The van der Waals surface area contributed by atoms with Gasteiger partial charge in [-0.3, -0.25) is 0 Å². The molecule has 1 spiro atoms. The van der Waals surface area contributed by atoms with Crippen molar-refractivity contribution in [1.29, 1.82) is 0 Å². The molecular weight excluding hydrogens is 216 g/mol. The third kappa shape index (κ3) is 1.85. The van der Waals surface area contributed by atoms with E-state index in [9.17, 15) is 0 Å². The van der Waals surface area contributed by atoms with Crippen molar-refractivity contribution in [3.63, 3.8) is 0 Å². The maximum Gasteiger partial charge on any atom is 0.308 e. The molecule has 1 saturated carbocycles. The van der Waals surface area contributed by atoms with Crippen LogP contribution in [0.15, 0.2) is 12.2 Å². The molecule has 2 atom stereocenters. The highest BCUT2D eigenvalue weighted by Crippen LogP contribution is 2.49. The Morgan fingerprint density at radius 3 is 2.41 bits per heavy atom. The van der Waals surface area contributed by atoms with Crippen molar-refractivity contribution < 1.29 is 14.2 Å². The summed E-state index contributed by atoms with van der Waals surface area (Å²) >= 11 is 0. The minimum absolute atomic E-state index is 0.0721. The molecule has 0 aromatic carbocycles. The number of fused-ring (bicyclic) bond motifs is 1. The van der Waals surface area contributed by atoms with Gasteiger partial charge in [-0.25, -0.2) is 0 Å². The van der Waals surface area contributed by atoms with Crippen molar-refractivity contribution in [1.82, 2.24) is 0 Å². The van der Waals surface area contributed by atoms with Crippen LogP contribution in [0.2, 0.25) is 0 Å². The minimum atomic E-state index is -0.921. The zero-order valence-electron chi connectivity index (χ0n) is 10.8. The van der Waals surface area contributed by atoms with E-state index in [0.717, 1.165) is 12.0 Å². The average Bonchev–Trinajstić information content (AvgIpc) is 2.58. The van der Waals surface area contributed by atoms with Gasteiger partial charge >= 0.3 is 5.97 Å². The van der Waals surface area contributed by atoms with E-state index in [1.54, 1.807) is 0 Å². The Labute approximate surface area is 103 Å². The van der Waals surface area contributed by atoms with E-state index in [0.29, 0.717) is 19.1 Å². The normalized spacial score (nSPS) is 39.3. The standard InChI is InChI=1S/C14H22O3/c1-10-11-6-4-5-7-12(11)17-14(10)15-8-13(2,3)9-16-14/h11-12H,1,4-9H2,2-3H3. The molecule has 3 nitrogen and oxygen atoms in total. The zero-order valence-corrected chi connectivity index (χ0v) is 10.8. The predicted octanol–water partition coefficient (Wildman–Crippen LogP) is 2.86. The third-order valence-corrected chi connectivity index (χ3v) is 4.16. The maximum absolute atomic E-state index is 6.06. The molecule has 2 unspecified atom stereocenters. The molecule has 96 valence electrons. The summed E-state index contributed by atoms with van der Waals surface area (Å²) in [4.78, 5) is 0. The Morgan fingerprint density at radius 2 is 1.76 bits per heavy atom. The fourth-order valence-corrected chi connectivity index (χ4v) is 3.06. The van der Waals surface area contributed by atoms with Crippen molar-refractivity contribution in [3.05, 3.63) is 12.2 Å². The molecule has 1 aliphatic carbocycles. The molecular formula is C14H22O3. The van der Waals surface area contributed by atoms with E-state index < -0.39 is 5.97 Å². The summed E-state index contributed by atoms with van der Waals surface area (Å²) in [5.74, 6) is -0.486. The highest BCUT2D eigenvalue weighted by Gasteiger charge is 2.55. The zero-order chi connectivity index (χ0) is 12.1. The summed E-state index contributed by atoms with van der Waals surface area (Å²) in [7, 11) is 0. The quantitative estimate of drug-likeness (QED) is 0.607. The SMILES string of the molecule is C=C1C2CCCCC2OC12OCC(C)(C)CO2. The van der Waals surface area contributed by atoms with E-state index in [1.807, 2.05) is 0 Å². The lowest BCUT2D eigenvalue weighted by Gasteiger charge is -2.41. The maximum atomic E-state index is 6.06. The lowest BCUT2D eigenvalue weighted by Crippen LogP contribution is -2.48. The van der Waals surface area contributed by atoms with Gasteiger partial charge in [0.1, 0.15) is 0 Å². The number of ether oxygens (including phenoxy) is 3. The Bertz CT molecular complexity index is 324. The molecule has 2 aliphatic heterocycles. The molecule has 0 amide bonds. The minimum Gasteiger partial charge on any atom is -0.323 e. The van der Waals surface area contributed by atoms with Crippen molar-refractivity contribution in [2.24, 2.45) is 11.3 Å². The lowest BCUT2D eigenvalue weighted by atomic mass is 9.83. The summed E-state index contributed by atoms with van der Waals surface area (Å²) < 4.78 is 17.9. The lowest BCUT2D eigenvalue weighted by molar-refractivity contribution is -0.390. The number of hydrogen-bond donors (Lipinski definition) is 0. The van der Waals surface area contributed by atoms with Crippen molar-refractivity contribution in [3.8, 4) is 0 Å². The Balaban J connectivity index is 1.78. The molecule has 0 aromatic heterocycles. The van der Waals surface area contributed by atoms with Gasteiger partial charge in [0.25, 0.3) is 0 Å². The highest BCUT2D eigenvalue weighted by molar-refractivity contribution is 5.18. The topological polar surface area (TPSA) is 27.7 Å². The molecule has 3 fully saturated rings. The molecule has 0 bridgehead atoms. The van der Waals surface area contributed by atoms with E-state index in [4.69, 9.17) is 14.2 Å². The Kier molecular flexibility index (Phi) is 2.62. The molecule has 0 N–H and O–H groups in total. The summed E-state index contributed by atoms with van der Waals surface area (Å²) in [6.07, 6.45) is 5.06. The van der Waals surface area contributed by atoms with Crippen molar-refractivity contribution in [2.75, 3.05) is 13.2 Å². The van der Waals surface area contributed by atoms with Crippen molar-refractivity contribution >= 4 is 0 Å². The van der Waals surface area contributed by atoms with Crippen LogP contribution in [0.25, 0.3) is 0 Å². The van der Waals surface area contributed by atoms with E-state index in [1.165, 1.54) is 19.3 Å². The van der Waals surface area contributed by atoms with Crippen LogP contribution in [0, 0.1) is 11.3 Å². The second-order valence-electron chi connectivity index (χ2n) is 6.37. The average molecular weight is 238 g/mol. The van der Waals surface area contributed by atoms with Gasteiger partial charge in [0.15, 0.2) is 0 Å². The third-order valence-electron chi connectivity index (χ3n) is 4.16. The van der Waals surface area contributed by atoms with Gasteiger partial charge in [-0.15, -0.1) is 0 Å². The second-order valence-corrected chi connectivity index (χ2v) is 6.37. The summed E-state index contributed by atoms with van der Waals surface area (Å²) in [6, 6.07) is 0. The van der Waals surface area contributed by atoms with E-state index in [2.05, 4.69) is 20.4 Å². The van der Waals surface area contributed by atoms with Gasteiger partial charge in [0, 0.05) is 16.9 Å². The van der Waals surface area contributed by atoms with E-state index in [-0.39, 0.29) is 11.5 Å². The molecule has 17 heavy (non-hydrogen) atoms. The first-order valence-electron chi connectivity index (χ1n) is 6.67. The summed E-state index contributed by atoms with van der Waals surface area (Å²) in [6.45, 7) is 9.82. The number of hydrogen-bond acceptors (Lipinski definition) is 3. The Hall–Kier alpha value is -0.380. The molecule has 3 heteroatoms. The van der Waals surface area contributed by atoms with Crippen molar-refractivity contribution in [2.45, 2.75) is 51.6 Å². The van der Waals surface area contributed by atoms with Crippen LogP contribution in [-0.4, -0.2) is 25.3 Å². The number of rotatable bonds is 0. The van der Waals surface area contributed by atoms with Crippen LogP contribution in [0.5, 0.6) is 0 Å². The van der Waals surface area contributed by atoms with Gasteiger partial charge in [0.2, 0.25) is 0 Å². The van der Waals surface area contributed by atoms with Crippen LogP contribution in [0.4, 0.5) is 0 Å². The smallest absolute Gasteiger partial charge is 0.308 e. The molecule has 3 rings (SSSR count). The molecule has 2 saturated heterocycles. The van der Waals surface area contributed by atoms with E-state index >= 15 is 0 Å². The first-order valence-corrected chi connectivity index (χ1v) is 6.67. The van der Waals surface area contributed by atoms with Gasteiger partial charge < -0.3 is 14.2 Å². The van der Waals surface area contributed by atoms with Gasteiger partial charge in [-0.05, 0) is 12.8 Å². The first-order chi connectivity index (χ1) is 8.03. The summed E-state index contributed by atoms with van der Waals surface area (Å²) in [5, 5.41) is 0. The highest BCUT2D eigenvalue weighted by atomic mass is 16.9. The predicted molar refractivity (Wildman–Crippen MR) is 64.4 cm³/mol. The first kappa shape index (κ1) is 11.7. The van der Waals surface area contributed by atoms with Crippen LogP contribution in [0.3, 0.4) is 0 Å². The Morgan fingerprint density at radius 1 is 1.12 bits per heavy atom. The largest absolute Gasteiger partial charge is 0.323 e. The monoisotopic (exact) mass is 238 g/mol. The van der Waals surface area contributed by atoms with Crippen LogP contribution < -0.4 is 0 Å². The molecule has 0 radical (unpaired) electrons.